The lowest BCUT2D eigenvalue weighted by molar-refractivity contribution is -0.119. The van der Waals surface area contributed by atoms with E-state index in [1.165, 1.54) is 0 Å². The van der Waals surface area contributed by atoms with Crippen molar-refractivity contribution in [2.75, 3.05) is 13.1 Å². The summed E-state index contributed by atoms with van der Waals surface area (Å²) in [7, 11) is 0. The molecule has 2 saturated heterocycles. The van der Waals surface area contributed by atoms with Crippen molar-refractivity contribution in [3.05, 3.63) is 69.2 Å². The van der Waals surface area contributed by atoms with E-state index < -0.39 is 17.6 Å². The number of carbonyl (C=O) groups is 2. The molecule has 0 spiro atoms. The minimum atomic E-state index is -1.02. The predicted molar refractivity (Wildman–Crippen MR) is 105 cm³/mol. The molecule has 0 bridgehead atoms. The molecule has 2 aromatic carbocycles. The number of carbonyl (C=O) groups excluding carboxylic acids is 2. The zero-order valence-electron chi connectivity index (χ0n) is 14.7. The molecule has 2 heterocycles. The maximum atomic E-state index is 11.9. The molecule has 4 rings (SSSR count). The van der Waals surface area contributed by atoms with Crippen molar-refractivity contribution in [2.45, 2.75) is 17.7 Å². The molecule has 5 unspecified atom stereocenters. The van der Waals surface area contributed by atoms with Crippen LogP contribution in [0, 0.1) is 11.3 Å². The quantitative estimate of drug-likeness (QED) is 0.578. The van der Waals surface area contributed by atoms with Gasteiger partial charge < -0.3 is 5.73 Å². The van der Waals surface area contributed by atoms with E-state index in [-0.39, 0.29) is 6.04 Å². The van der Waals surface area contributed by atoms with E-state index >= 15 is 0 Å². The molecule has 2 aliphatic heterocycles. The minimum Gasteiger partial charge on any atom is -0.368 e. The first-order chi connectivity index (χ1) is 13.4. The first kappa shape index (κ1) is 18.9. The highest BCUT2D eigenvalue weighted by molar-refractivity contribution is 6.31. The van der Waals surface area contributed by atoms with Gasteiger partial charge in [0.05, 0.1) is 6.07 Å². The molecule has 2 N–H and O–H groups in total. The molecule has 28 heavy (non-hydrogen) atoms. The zero-order valence-corrected chi connectivity index (χ0v) is 16.2. The fraction of sp³-hybridized carbons (Fsp3) is 0.250. The fourth-order valence-corrected chi connectivity index (χ4v) is 4.22. The number of halogens is 2. The maximum absolute atomic E-state index is 11.9. The van der Waals surface area contributed by atoms with E-state index in [0.717, 1.165) is 11.8 Å². The van der Waals surface area contributed by atoms with Crippen LogP contribution in [-0.2, 0) is 10.5 Å². The first-order valence-electron chi connectivity index (χ1n) is 8.67. The molecule has 6 nitrogen and oxygen atoms in total. The zero-order chi connectivity index (χ0) is 20.1. The van der Waals surface area contributed by atoms with Gasteiger partial charge in [0.15, 0.2) is 0 Å². The van der Waals surface area contributed by atoms with Crippen molar-refractivity contribution in [3.63, 3.8) is 0 Å². The van der Waals surface area contributed by atoms with Gasteiger partial charge >= 0.3 is 0 Å². The normalized spacial score (nSPS) is 27.3. The Kier molecular flexibility index (Phi) is 4.64. The number of hydrogen-bond acceptors (Lipinski definition) is 5. The van der Waals surface area contributed by atoms with E-state index in [1.54, 1.807) is 30.3 Å². The number of aldehydes is 1. The average Bonchev–Trinajstić information content (AvgIpc) is 3.59. The van der Waals surface area contributed by atoms with Gasteiger partial charge in [-0.15, -0.1) is 0 Å². The van der Waals surface area contributed by atoms with E-state index in [0.29, 0.717) is 34.3 Å². The summed E-state index contributed by atoms with van der Waals surface area (Å²) < 4.78 is 0. The summed E-state index contributed by atoms with van der Waals surface area (Å²) >= 11 is 12.4. The van der Waals surface area contributed by atoms with E-state index in [9.17, 15) is 14.9 Å². The molecule has 2 fully saturated rings. The smallest absolute Gasteiger partial charge is 0.236 e. The van der Waals surface area contributed by atoms with Crippen molar-refractivity contribution in [3.8, 4) is 6.07 Å². The van der Waals surface area contributed by atoms with Crippen LogP contribution < -0.4 is 5.73 Å². The molecule has 2 aliphatic rings. The molecule has 0 aliphatic carbocycles. The number of nitriles is 1. The number of rotatable bonds is 6. The number of amides is 1. The van der Waals surface area contributed by atoms with E-state index in [2.05, 4.69) is 6.07 Å². The lowest BCUT2D eigenvalue weighted by atomic mass is 9.87. The van der Waals surface area contributed by atoms with Crippen LogP contribution in [0.3, 0.4) is 0 Å². The molecule has 0 radical (unpaired) electrons. The van der Waals surface area contributed by atoms with Crippen molar-refractivity contribution >= 4 is 35.4 Å². The number of hydrogen-bond donors (Lipinski definition) is 1. The van der Waals surface area contributed by atoms with Crippen molar-refractivity contribution in [2.24, 2.45) is 5.73 Å². The summed E-state index contributed by atoms with van der Waals surface area (Å²) in [6, 6.07) is 13.5. The summed E-state index contributed by atoms with van der Waals surface area (Å²) in [5.74, 6) is -0.455. The Morgan fingerprint density at radius 1 is 1.14 bits per heavy atom. The highest BCUT2D eigenvalue weighted by Crippen LogP contribution is 2.51. The summed E-state index contributed by atoms with van der Waals surface area (Å²) in [6.45, 7) is 0.906. The van der Waals surface area contributed by atoms with Crippen molar-refractivity contribution < 1.29 is 9.59 Å². The predicted octanol–water partition coefficient (Wildman–Crippen LogP) is 2.38. The van der Waals surface area contributed by atoms with Gasteiger partial charge in [-0.3, -0.25) is 19.4 Å². The third-order valence-electron chi connectivity index (χ3n) is 5.30. The third kappa shape index (κ3) is 2.88. The second-order valence-corrected chi connectivity index (χ2v) is 7.77. The SMILES string of the molecule is N#CC1CN1C(c1ccc(Cl)cc1)(c1cc(Cl)ccc1C=O)N1CC1C(N)=O. The summed E-state index contributed by atoms with van der Waals surface area (Å²) in [4.78, 5) is 27.6. The van der Waals surface area contributed by atoms with Crippen LogP contribution >= 0.6 is 23.2 Å². The van der Waals surface area contributed by atoms with E-state index in [4.69, 9.17) is 28.9 Å². The lowest BCUT2D eigenvalue weighted by Crippen LogP contribution is -2.47. The molecular weight excluding hydrogens is 399 g/mol. The molecule has 1 amide bonds. The summed E-state index contributed by atoms with van der Waals surface area (Å²) in [5.41, 5.74) is 6.37. The molecule has 0 aromatic heterocycles. The number of nitrogens with two attached hydrogens (primary N) is 1. The monoisotopic (exact) mass is 414 g/mol. The van der Waals surface area contributed by atoms with Crippen molar-refractivity contribution in [1.82, 2.24) is 9.80 Å². The second kappa shape index (κ2) is 6.87. The summed E-state index contributed by atoms with van der Waals surface area (Å²) in [6.07, 6.45) is 0.754. The third-order valence-corrected chi connectivity index (χ3v) is 5.79. The van der Waals surface area contributed by atoms with Gasteiger partial charge in [-0.25, -0.2) is 0 Å². The second-order valence-electron chi connectivity index (χ2n) is 6.90. The van der Waals surface area contributed by atoms with Crippen LogP contribution in [0.5, 0.6) is 0 Å². The Balaban J connectivity index is 2.01. The van der Waals surface area contributed by atoms with Crippen LogP contribution in [0.15, 0.2) is 42.5 Å². The summed E-state index contributed by atoms with van der Waals surface area (Å²) in [5, 5.41) is 10.5. The molecule has 2 aromatic rings. The topological polar surface area (TPSA) is 90.0 Å². The van der Waals surface area contributed by atoms with Crippen molar-refractivity contribution in [1.29, 1.82) is 5.26 Å². The van der Waals surface area contributed by atoms with Gasteiger partial charge in [0.25, 0.3) is 0 Å². The molecule has 142 valence electrons. The Morgan fingerprint density at radius 2 is 1.82 bits per heavy atom. The number of benzene rings is 2. The molecule has 5 atom stereocenters. The van der Waals surface area contributed by atoms with Crippen LogP contribution in [0.25, 0.3) is 0 Å². The first-order valence-corrected chi connectivity index (χ1v) is 9.42. The largest absolute Gasteiger partial charge is 0.368 e. The number of primary amides is 1. The fourth-order valence-electron chi connectivity index (χ4n) is 3.92. The van der Waals surface area contributed by atoms with Gasteiger partial charge in [-0.05, 0) is 35.9 Å². The lowest BCUT2D eigenvalue weighted by Gasteiger charge is -2.39. The maximum Gasteiger partial charge on any atom is 0.236 e. The minimum absolute atomic E-state index is 0.358. The van der Waals surface area contributed by atoms with E-state index in [1.807, 2.05) is 21.9 Å². The Morgan fingerprint density at radius 3 is 2.36 bits per heavy atom. The Hall–Kier alpha value is -2.43. The van der Waals surface area contributed by atoms with Crippen LogP contribution in [0.4, 0.5) is 0 Å². The molecule has 0 saturated carbocycles. The molecule has 8 heteroatoms. The Bertz CT molecular complexity index is 1000. The average molecular weight is 415 g/mol. The highest BCUT2D eigenvalue weighted by Gasteiger charge is 2.63. The highest BCUT2D eigenvalue weighted by atomic mass is 35.5. The van der Waals surface area contributed by atoms with Gasteiger partial charge in [0.2, 0.25) is 5.91 Å². The Labute approximate surface area is 172 Å². The van der Waals surface area contributed by atoms with Gasteiger partial charge in [-0.2, -0.15) is 5.26 Å². The van der Waals surface area contributed by atoms with Crippen LogP contribution in [0.1, 0.15) is 21.5 Å². The van der Waals surface area contributed by atoms with Crippen LogP contribution in [-0.4, -0.2) is 47.2 Å². The standard InChI is InChI=1S/C20H16Cl2N4O2/c21-14-5-2-13(3-6-14)20(25-9-16(25)8-23,26-10-18(26)19(24)28)17-7-15(22)4-1-12(17)11-27/h1-7,11,16,18H,9-10H2,(H2,24,28). The van der Waals surface area contributed by atoms with Gasteiger partial charge in [0.1, 0.15) is 24.0 Å². The van der Waals surface area contributed by atoms with Gasteiger partial charge in [0, 0.05) is 34.3 Å². The van der Waals surface area contributed by atoms with Gasteiger partial charge in [-0.1, -0.05) is 35.3 Å². The van der Waals surface area contributed by atoms with Crippen LogP contribution in [0.2, 0.25) is 10.0 Å². The number of nitrogens with zero attached hydrogens (tertiary/aromatic N) is 3. The molecular formula is C20H16Cl2N4O2.